The molecule has 9 heteroatoms. The summed E-state index contributed by atoms with van der Waals surface area (Å²) in [5.74, 6) is -0.524. The number of hydrogen-bond acceptors (Lipinski definition) is 5. The molecule has 0 aromatic heterocycles. The number of non-ortho nitro benzene ring substituents is 1. The number of carbonyl (C=O) groups is 1. The summed E-state index contributed by atoms with van der Waals surface area (Å²) < 4.78 is 0. The van der Waals surface area contributed by atoms with E-state index in [1.165, 1.54) is 18.2 Å². The molecular formula is C19H20Cl2N4O3. The second-order valence-corrected chi connectivity index (χ2v) is 7.25. The van der Waals surface area contributed by atoms with Crippen LogP contribution < -0.4 is 10.2 Å². The van der Waals surface area contributed by atoms with E-state index in [0.717, 1.165) is 38.4 Å². The predicted octanol–water partition coefficient (Wildman–Crippen LogP) is 4.30. The minimum Gasteiger partial charge on any atom is -0.366 e. The Labute approximate surface area is 173 Å². The molecule has 28 heavy (non-hydrogen) atoms. The lowest BCUT2D eigenvalue weighted by atomic mass is 10.1. The summed E-state index contributed by atoms with van der Waals surface area (Å²) in [7, 11) is 0. The molecule has 0 bridgehead atoms. The molecule has 2 aromatic rings. The Morgan fingerprint density at radius 3 is 2.50 bits per heavy atom. The Morgan fingerprint density at radius 2 is 1.86 bits per heavy atom. The van der Waals surface area contributed by atoms with Gasteiger partial charge in [0.15, 0.2) is 0 Å². The number of carbonyl (C=O) groups excluding carboxylic acids is 1. The molecular weight excluding hydrogens is 403 g/mol. The Morgan fingerprint density at radius 1 is 1.14 bits per heavy atom. The van der Waals surface area contributed by atoms with Crippen LogP contribution >= 0.6 is 23.2 Å². The molecule has 1 fully saturated rings. The molecule has 2 aromatic carbocycles. The van der Waals surface area contributed by atoms with E-state index in [0.29, 0.717) is 10.7 Å². The lowest BCUT2D eigenvalue weighted by Crippen LogP contribution is -2.46. The van der Waals surface area contributed by atoms with Crippen molar-refractivity contribution in [2.45, 2.75) is 6.92 Å². The first-order valence-corrected chi connectivity index (χ1v) is 9.67. The number of rotatable bonds is 5. The Balaban J connectivity index is 1.87. The van der Waals surface area contributed by atoms with Gasteiger partial charge in [-0.2, -0.15) is 0 Å². The molecule has 1 amide bonds. The topological polar surface area (TPSA) is 78.7 Å². The van der Waals surface area contributed by atoms with Gasteiger partial charge < -0.3 is 15.1 Å². The van der Waals surface area contributed by atoms with E-state index in [-0.39, 0.29) is 16.3 Å². The van der Waals surface area contributed by atoms with Crippen LogP contribution in [-0.2, 0) is 0 Å². The average Bonchev–Trinajstić information content (AvgIpc) is 2.68. The summed E-state index contributed by atoms with van der Waals surface area (Å²) in [5.41, 5.74) is 1.13. The monoisotopic (exact) mass is 422 g/mol. The molecule has 0 radical (unpaired) electrons. The maximum absolute atomic E-state index is 12.8. The number of nitrogens with one attached hydrogen (secondary N) is 1. The van der Waals surface area contributed by atoms with Crippen molar-refractivity contribution in [2.75, 3.05) is 42.9 Å². The van der Waals surface area contributed by atoms with Crippen molar-refractivity contribution in [3.8, 4) is 0 Å². The molecule has 0 saturated carbocycles. The van der Waals surface area contributed by atoms with Gasteiger partial charge in [-0.1, -0.05) is 36.2 Å². The smallest absolute Gasteiger partial charge is 0.270 e. The van der Waals surface area contributed by atoms with Crippen LogP contribution in [0.2, 0.25) is 10.0 Å². The number of amides is 1. The summed E-state index contributed by atoms with van der Waals surface area (Å²) in [4.78, 5) is 27.7. The number of hydrogen-bond donors (Lipinski definition) is 1. The quantitative estimate of drug-likeness (QED) is 0.573. The van der Waals surface area contributed by atoms with Gasteiger partial charge in [0.1, 0.15) is 0 Å². The van der Waals surface area contributed by atoms with Crippen molar-refractivity contribution < 1.29 is 9.72 Å². The van der Waals surface area contributed by atoms with E-state index >= 15 is 0 Å². The molecule has 1 aliphatic heterocycles. The highest BCUT2D eigenvalue weighted by Gasteiger charge is 2.23. The zero-order valence-electron chi connectivity index (χ0n) is 15.3. The number of anilines is 2. The highest BCUT2D eigenvalue weighted by atomic mass is 35.5. The second kappa shape index (κ2) is 8.77. The first kappa shape index (κ1) is 20.4. The van der Waals surface area contributed by atoms with Crippen molar-refractivity contribution >= 4 is 46.2 Å². The molecule has 1 saturated heterocycles. The lowest BCUT2D eigenvalue weighted by Gasteiger charge is -2.36. The van der Waals surface area contributed by atoms with Gasteiger partial charge in [0.2, 0.25) is 0 Å². The van der Waals surface area contributed by atoms with Gasteiger partial charge in [-0.15, -0.1) is 0 Å². The van der Waals surface area contributed by atoms with Crippen LogP contribution in [0.3, 0.4) is 0 Å². The molecule has 3 rings (SSSR count). The normalized spacial score (nSPS) is 14.8. The number of benzene rings is 2. The average molecular weight is 423 g/mol. The number of likely N-dealkylation sites (N-methyl/N-ethyl adjacent to an activating group) is 1. The maximum atomic E-state index is 12.8. The van der Waals surface area contributed by atoms with Crippen LogP contribution in [0.15, 0.2) is 36.4 Å². The summed E-state index contributed by atoms with van der Waals surface area (Å²) in [6, 6.07) is 9.06. The summed E-state index contributed by atoms with van der Waals surface area (Å²) in [6.45, 7) is 6.51. The van der Waals surface area contributed by atoms with Crippen LogP contribution in [0.5, 0.6) is 0 Å². The fourth-order valence-corrected chi connectivity index (χ4v) is 3.71. The minimum absolute atomic E-state index is 0.0394. The number of halogens is 2. The van der Waals surface area contributed by atoms with E-state index in [1.807, 2.05) is 0 Å². The molecule has 1 heterocycles. The minimum atomic E-state index is -0.564. The van der Waals surface area contributed by atoms with Crippen LogP contribution in [0.4, 0.5) is 17.1 Å². The zero-order chi connectivity index (χ0) is 20.3. The zero-order valence-corrected chi connectivity index (χ0v) is 16.8. The third kappa shape index (κ3) is 4.38. The van der Waals surface area contributed by atoms with Gasteiger partial charge >= 0.3 is 0 Å². The van der Waals surface area contributed by atoms with E-state index < -0.39 is 10.8 Å². The van der Waals surface area contributed by atoms with Crippen molar-refractivity contribution in [1.82, 2.24) is 4.90 Å². The molecule has 1 N–H and O–H groups in total. The SMILES string of the molecule is CCN1CCN(c2c(Cl)cccc2NC(=O)c2cc([N+](=O)[O-])ccc2Cl)CC1. The summed E-state index contributed by atoms with van der Waals surface area (Å²) >= 11 is 12.5. The van der Waals surface area contributed by atoms with Gasteiger partial charge in [-0.3, -0.25) is 14.9 Å². The van der Waals surface area contributed by atoms with E-state index in [1.54, 1.807) is 18.2 Å². The van der Waals surface area contributed by atoms with Crippen LogP contribution in [0.1, 0.15) is 17.3 Å². The van der Waals surface area contributed by atoms with Crippen LogP contribution in [0.25, 0.3) is 0 Å². The first-order valence-electron chi connectivity index (χ1n) is 8.91. The molecule has 0 atom stereocenters. The van der Waals surface area contributed by atoms with Gasteiger partial charge in [0.05, 0.1) is 31.9 Å². The molecule has 0 aliphatic carbocycles. The van der Waals surface area contributed by atoms with Crippen LogP contribution in [0, 0.1) is 10.1 Å². The van der Waals surface area contributed by atoms with Crippen LogP contribution in [-0.4, -0.2) is 48.5 Å². The Hall–Kier alpha value is -2.35. The predicted molar refractivity (Wildman–Crippen MR) is 112 cm³/mol. The standard InChI is InChI=1S/C19H20Cl2N4O3/c1-2-23-8-10-24(11-9-23)18-16(21)4-3-5-17(18)22-19(26)14-12-13(25(27)28)6-7-15(14)20/h3-7,12H,2,8-11H2,1H3,(H,22,26). The lowest BCUT2D eigenvalue weighted by molar-refractivity contribution is -0.384. The number of nitro benzene ring substituents is 1. The molecule has 0 spiro atoms. The first-order chi connectivity index (χ1) is 13.4. The Bertz CT molecular complexity index is 899. The van der Waals surface area contributed by atoms with Gasteiger partial charge in [-0.25, -0.2) is 0 Å². The van der Waals surface area contributed by atoms with Gasteiger partial charge in [-0.05, 0) is 24.7 Å². The van der Waals surface area contributed by atoms with Crippen molar-refractivity contribution in [3.63, 3.8) is 0 Å². The van der Waals surface area contributed by atoms with E-state index in [2.05, 4.69) is 22.0 Å². The molecule has 0 unspecified atom stereocenters. The van der Waals surface area contributed by atoms with Gasteiger partial charge in [0.25, 0.3) is 11.6 Å². The molecule has 1 aliphatic rings. The van der Waals surface area contributed by atoms with Crippen molar-refractivity contribution in [1.29, 1.82) is 0 Å². The third-order valence-corrected chi connectivity index (χ3v) is 5.41. The highest BCUT2D eigenvalue weighted by Crippen LogP contribution is 2.35. The number of nitro groups is 1. The van der Waals surface area contributed by atoms with E-state index in [4.69, 9.17) is 23.2 Å². The van der Waals surface area contributed by atoms with Crippen molar-refractivity contribution in [3.05, 3.63) is 62.1 Å². The second-order valence-electron chi connectivity index (χ2n) is 6.43. The van der Waals surface area contributed by atoms with Gasteiger partial charge in [0, 0.05) is 38.3 Å². The number of para-hydroxylation sites is 1. The van der Waals surface area contributed by atoms with E-state index in [9.17, 15) is 14.9 Å². The molecule has 7 nitrogen and oxygen atoms in total. The number of nitrogens with zero attached hydrogens (tertiary/aromatic N) is 3. The summed E-state index contributed by atoms with van der Waals surface area (Å²) in [5, 5.41) is 14.5. The fraction of sp³-hybridized carbons (Fsp3) is 0.316. The Kier molecular flexibility index (Phi) is 6.39. The number of piperazine rings is 1. The molecule has 148 valence electrons. The maximum Gasteiger partial charge on any atom is 0.270 e. The fourth-order valence-electron chi connectivity index (χ4n) is 3.22. The highest BCUT2D eigenvalue weighted by molar-refractivity contribution is 6.35. The summed E-state index contributed by atoms with van der Waals surface area (Å²) in [6.07, 6.45) is 0. The third-order valence-electron chi connectivity index (χ3n) is 4.78. The largest absolute Gasteiger partial charge is 0.366 e. The van der Waals surface area contributed by atoms with Crippen molar-refractivity contribution in [2.24, 2.45) is 0 Å².